The first-order valence-electron chi connectivity index (χ1n) is 16.5. The lowest BCUT2D eigenvalue weighted by molar-refractivity contribution is 0.834. The standard InChI is InChI=1S/C43H31N5/c1-3-12-30(13-4-1)47-38-18-9-7-16-34(38)36-28-32(21-23-40(36)47)45-26-27-46(43-42(45)20-11-25-44-43)33-22-24-41-37(29-33)35-17-8-10-19-39(35)48(41)31-14-5-2-6-15-31/h1-25,28-29H,26-27H2. The summed E-state index contributed by atoms with van der Waals surface area (Å²) in [4.78, 5) is 9.78. The van der Waals surface area contributed by atoms with Gasteiger partial charge in [0.1, 0.15) is 0 Å². The molecule has 1 aliphatic rings. The summed E-state index contributed by atoms with van der Waals surface area (Å²) in [6, 6.07) is 56.7. The van der Waals surface area contributed by atoms with E-state index in [9.17, 15) is 0 Å². The van der Waals surface area contributed by atoms with Crippen LogP contribution in [0.1, 0.15) is 0 Å². The number of para-hydroxylation sites is 4. The Labute approximate surface area is 278 Å². The Morgan fingerprint density at radius 1 is 0.375 bits per heavy atom. The maximum atomic E-state index is 4.98. The van der Waals surface area contributed by atoms with E-state index in [1.807, 2.05) is 12.3 Å². The van der Waals surface area contributed by atoms with Gasteiger partial charge in [-0.15, -0.1) is 0 Å². The monoisotopic (exact) mass is 617 g/mol. The lowest BCUT2D eigenvalue weighted by atomic mass is 10.1. The molecule has 0 atom stereocenters. The van der Waals surface area contributed by atoms with Gasteiger partial charge in [-0.25, -0.2) is 4.98 Å². The van der Waals surface area contributed by atoms with E-state index in [0.717, 1.165) is 30.3 Å². The molecule has 5 heteroatoms. The zero-order valence-electron chi connectivity index (χ0n) is 26.2. The Bertz CT molecular complexity index is 2450. The highest BCUT2D eigenvalue weighted by molar-refractivity contribution is 6.11. The molecular formula is C43H31N5. The highest BCUT2D eigenvalue weighted by atomic mass is 15.3. The number of pyridine rings is 1. The van der Waals surface area contributed by atoms with Crippen LogP contribution in [0.4, 0.5) is 22.9 Å². The second-order valence-corrected chi connectivity index (χ2v) is 12.4. The highest BCUT2D eigenvalue weighted by Crippen LogP contribution is 2.43. The Balaban J connectivity index is 1.08. The van der Waals surface area contributed by atoms with E-state index in [4.69, 9.17) is 4.98 Å². The maximum absolute atomic E-state index is 4.98. The largest absolute Gasteiger partial charge is 0.337 e. The van der Waals surface area contributed by atoms with Gasteiger partial charge in [0.25, 0.3) is 0 Å². The van der Waals surface area contributed by atoms with Gasteiger partial charge < -0.3 is 18.9 Å². The SMILES string of the molecule is c1ccc(-n2c3ccccc3c3cc(N4CCN(c5ccc6c(c5)c5ccccc5n6-c5ccccc5)c5ncccc54)ccc32)cc1. The Kier molecular flexibility index (Phi) is 5.93. The number of benzene rings is 6. The van der Waals surface area contributed by atoms with Crippen molar-refractivity contribution in [1.82, 2.24) is 14.1 Å². The minimum Gasteiger partial charge on any atom is -0.337 e. The molecule has 10 rings (SSSR count). The highest BCUT2D eigenvalue weighted by Gasteiger charge is 2.27. The molecule has 0 amide bonds. The molecule has 48 heavy (non-hydrogen) atoms. The smallest absolute Gasteiger partial charge is 0.157 e. The predicted octanol–water partition coefficient (Wildman–Crippen LogP) is 10.6. The number of aromatic nitrogens is 3. The van der Waals surface area contributed by atoms with Gasteiger partial charge in [0.05, 0.1) is 27.8 Å². The van der Waals surface area contributed by atoms with Crippen LogP contribution in [0, 0.1) is 0 Å². The Morgan fingerprint density at radius 2 is 0.854 bits per heavy atom. The van der Waals surface area contributed by atoms with Crippen molar-refractivity contribution >= 4 is 66.5 Å². The number of hydrogen-bond donors (Lipinski definition) is 0. The topological polar surface area (TPSA) is 29.2 Å². The second kappa shape index (κ2) is 10.6. The fraction of sp³-hybridized carbons (Fsp3) is 0.0465. The van der Waals surface area contributed by atoms with Crippen LogP contribution in [0.3, 0.4) is 0 Å². The van der Waals surface area contributed by atoms with E-state index in [-0.39, 0.29) is 0 Å². The quantitative estimate of drug-likeness (QED) is 0.197. The molecule has 0 radical (unpaired) electrons. The molecule has 0 fully saturated rings. The van der Waals surface area contributed by atoms with E-state index in [1.54, 1.807) is 0 Å². The summed E-state index contributed by atoms with van der Waals surface area (Å²) >= 11 is 0. The molecule has 0 spiro atoms. The van der Waals surface area contributed by atoms with Crippen LogP contribution in [0.2, 0.25) is 0 Å². The van der Waals surface area contributed by atoms with Gasteiger partial charge in [-0.1, -0.05) is 72.8 Å². The van der Waals surface area contributed by atoms with Crippen LogP contribution < -0.4 is 9.80 Å². The predicted molar refractivity (Wildman–Crippen MR) is 200 cm³/mol. The zero-order chi connectivity index (χ0) is 31.6. The first-order valence-corrected chi connectivity index (χ1v) is 16.5. The summed E-state index contributed by atoms with van der Waals surface area (Å²) in [6.45, 7) is 1.65. The molecule has 228 valence electrons. The molecule has 0 unspecified atom stereocenters. The van der Waals surface area contributed by atoms with Crippen molar-refractivity contribution in [2.45, 2.75) is 0 Å². The number of rotatable bonds is 4. The molecular weight excluding hydrogens is 587 g/mol. The lowest BCUT2D eigenvalue weighted by Crippen LogP contribution is -2.36. The number of anilines is 4. The average Bonchev–Trinajstić information content (AvgIpc) is 3.67. The van der Waals surface area contributed by atoms with E-state index < -0.39 is 0 Å². The third-order valence-corrected chi connectivity index (χ3v) is 9.82. The van der Waals surface area contributed by atoms with E-state index in [2.05, 4.69) is 171 Å². The van der Waals surface area contributed by atoms with Gasteiger partial charge in [-0.05, 0) is 84.9 Å². The second-order valence-electron chi connectivity index (χ2n) is 12.4. The van der Waals surface area contributed by atoms with Gasteiger partial charge in [0.15, 0.2) is 5.82 Å². The van der Waals surface area contributed by atoms with Crippen LogP contribution >= 0.6 is 0 Å². The third kappa shape index (κ3) is 4.01. The maximum Gasteiger partial charge on any atom is 0.157 e. The van der Waals surface area contributed by atoms with Crippen molar-refractivity contribution in [2.24, 2.45) is 0 Å². The average molecular weight is 618 g/mol. The first-order chi connectivity index (χ1) is 23.8. The minimum absolute atomic E-state index is 0.816. The summed E-state index contributed by atoms with van der Waals surface area (Å²) in [5, 5.41) is 5.00. The van der Waals surface area contributed by atoms with Crippen LogP contribution in [0.15, 0.2) is 164 Å². The van der Waals surface area contributed by atoms with Gasteiger partial charge in [0.2, 0.25) is 0 Å². The molecule has 0 bridgehead atoms. The van der Waals surface area contributed by atoms with E-state index in [0.29, 0.717) is 0 Å². The Morgan fingerprint density at radius 3 is 1.44 bits per heavy atom. The molecule has 1 aliphatic heterocycles. The van der Waals surface area contributed by atoms with Gasteiger partial charge in [-0.3, -0.25) is 0 Å². The van der Waals surface area contributed by atoms with Crippen LogP contribution in [0.25, 0.3) is 55.0 Å². The van der Waals surface area contributed by atoms with Crippen LogP contribution in [0.5, 0.6) is 0 Å². The first kappa shape index (κ1) is 26.8. The summed E-state index contributed by atoms with van der Waals surface area (Å²) < 4.78 is 4.73. The summed E-state index contributed by atoms with van der Waals surface area (Å²) in [7, 11) is 0. The fourth-order valence-corrected chi connectivity index (χ4v) is 7.72. The summed E-state index contributed by atoms with van der Waals surface area (Å²) in [6.07, 6.45) is 1.91. The van der Waals surface area contributed by atoms with Crippen molar-refractivity contribution in [3.63, 3.8) is 0 Å². The zero-order valence-corrected chi connectivity index (χ0v) is 26.2. The van der Waals surface area contributed by atoms with E-state index >= 15 is 0 Å². The van der Waals surface area contributed by atoms with Crippen molar-refractivity contribution in [3.8, 4) is 11.4 Å². The number of nitrogens with zero attached hydrogens (tertiary/aromatic N) is 5. The van der Waals surface area contributed by atoms with Crippen molar-refractivity contribution in [2.75, 3.05) is 22.9 Å². The molecule has 0 saturated heterocycles. The van der Waals surface area contributed by atoms with Crippen molar-refractivity contribution < 1.29 is 0 Å². The summed E-state index contributed by atoms with van der Waals surface area (Å²) in [5.74, 6) is 0.974. The molecule has 6 aromatic carbocycles. The van der Waals surface area contributed by atoms with E-state index in [1.165, 1.54) is 60.7 Å². The van der Waals surface area contributed by atoms with Crippen LogP contribution in [-0.4, -0.2) is 27.2 Å². The van der Waals surface area contributed by atoms with Gasteiger partial charge in [-0.2, -0.15) is 0 Å². The van der Waals surface area contributed by atoms with Gasteiger partial charge in [0, 0.05) is 63.6 Å². The summed E-state index contributed by atoms with van der Waals surface area (Å²) in [5.41, 5.74) is 10.6. The van der Waals surface area contributed by atoms with Crippen molar-refractivity contribution in [1.29, 1.82) is 0 Å². The molecule has 0 aliphatic carbocycles. The Hall–Kier alpha value is -6.33. The fourth-order valence-electron chi connectivity index (χ4n) is 7.72. The molecule has 5 nitrogen and oxygen atoms in total. The molecule has 3 aromatic heterocycles. The van der Waals surface area contributed by atoms with Gasteiger partial charge >= 0.3 is 0 Å². The molecule has 0 saturated carbocycles. The number of fused-ring (bicyclic) bond motifs is 7. The normalized spacial score (nSPS) is 13.2. The molecule has 9 aromatic rings. The molecule has 0 N–H and O–H groups in total. The van der Waals surface area contributed by atoms with Crippen molar-refractivity contribution in [3.05, 3.63) is 164 Å². The molecule has 4 heterocycles. The van der Waals surface area contributed by atoms with Crippen LogP contribution in [-0.2, 0) is 0 Å². The minimum atomic E-state index is 0.816. The lowest BCUT2D eigenvalue weighted by Gasteiger charge is -2.38. The number of hydrogen-bond acceptors (Lipinski definition) is 3. The third-order valence-electron chi connectivity index (χ3n) is 9.82.